The second-order valence-electron chi connectivity index (χ2n) is 6.87. The first-order valence-electron chi connectivity index (χ1n) is 8.36. The van der Waals surface area contributed by atoms with E-state index < -0.39 is 0 Å². The fraction of sp³-hybridized carbons (Fsp3) is 0.556. The molecule has 5 nitrogen and oxygen atoms in total. The fourth-order valence-corrected chi connectivity index (χ4v) is 3.29. The van der Waals surface area contributed by atoms with Crippen molar-refractivity contribution in [2.45, 2.75) is 51.7 Å². The number of hydrogen-bond donors (Lipinski definition) is 1. The van der Waals surface area contributed by atoms with E-state index in [2.05, 4.69) is 52.9 Å². The number of nitrogens with one attached hydrogen (secondary N) is 1. The summed E-state index contributed by atoms with van der Waals surface area (Å²) in [7, 11) is 0. The van der Waals surface area contributed by atoms with Crippen LogP contribution in [0.4, 0.5) is 5.82 Å². The molecule has 1 N–H and O–H groups in total. The molecule has 5 heteroatoms. The van der Waals surface area contributed by atoms with Crippen LogP contribution >= 0.6 is 0 Å². The van der Waals surface area contributed by atoms with Gasteiger partial charge in [-0.15, -0.1) is 0 Å². The molecule has 2 aromatic rings. The molecule has 1 aliphatic heterocycles. The Labute approximate surface area is 138 Å². The summed E-state index contributed by atoms with van der Waals surface area (Å²) >= 11 is 0. The Morgan fingerprint density at radius 3 is 3.00 bits per heavy atom. The smallest absolute Gasteiger partial charge is 0.128 e. The van der Waals surface area contributed by atoms with Gasteiger partial charge in [0.25, 0.3) is 0 Å². The molecule has 0 aliphatic carbocycles. The van der Waals surface area contributed by atoms with Gasteiger partial charge in [0.15, 0.2) is 0 Å². The number of imidazole rings is 1. The summed E-state index contributed by atoms with van der Waals surface area (Å²) in [5.74, 6) is 2.62. The van der Waals surface area contributed by atoms with Gasteiger partial charge in [-0.25, -0.2) is 9.97 Å². The summed E-state index contributed by atoms with van der Waals surface area (Å²) < 4.78 is 8.09. The van der Waals surface area contributed by atoms with Gasteiger partial charge in [0.05, 0.1) is 5.60 Å². The summed E-state index contributed by atoms with van der Waals surface area (Å²) in [6, 6.07) is 4.03. The zero-order chi connectivity index (χ0) is 16.3. The van der Waals surface area contributed by atoms with Crippen molar-refractivity contribution in [2.24, 2.45) is 0 Å². The number of anilines is 1. The Morgan fingerprint density at radius 1 is 1.35 bits per heavy atom. The Hall–Kier alpha value is -1.88. The molecule has 1 aliphatic rings. The van der Waals surface area contributed by atoms with Crippen LogP contribution in [0, 0.1) is 6.92 Å². The molecule has 0 unspecified atom stereocenters. The van der Waals surface area contributed by atoms with Crippen LogP contribution in [0.25, 0.3) is 0 Å². The highest BCUT2D eigenvalue weighted by Crippen LogP contribution is 2.34. The molecule has 23 heavy (non-hydrogen) atoms. The summed E-state index contributed by atoms with van der Waals surface area (Å²) in [5.41, 5.74) is 1.12. The fourth-order valence-electron chi connectivity index (χ4n) is 3.29. The normalized spacial score (nSPS) is 20.4. The molecule has 0 bridgehead atoms. The lowest BCUT2D eigenvalue weighted by atomic mass is 9.88. The lowest BCUT2D eigenvalue weighted by molar-refractivity contribution is -0.0606. The Balaban J connectivity index is 1.62. The van der Waals surface area contributed by atoms with E-state index in [1.54, 1.807) is 0 Å². The molecule has 3 rings (SSSR count). The Morgan fingerprint density at radius 2 is 2.22 bits per heavy atom. The monoisotopic (exact) mass is 314 g/mol. The summed E-state index contributed by atoms with van der Waals surface area (Å²) in [5, 5.41) is 3.41. The van der Waals surface area contributed by atoms with Gasteiger partial charge in [-0.3, -0.25) is 0 Å². The summed E-state index contributed by atoms with van der Waals surface area (Å²) in [6.07, 6.45) is 7.88. The van der Waals surface area contributed by atoms with Gasteiger partial charge in [-0.05, 0) is 45.2 Å². The molecule has 0 spiro atoms. The molecular formula is C18H26N4O. The number of aromatic nitrogens is 3. The van der Waals surface area contributed by atoms with Crippen molar-refractivity contribution < 1.29 is 4.74 Å². The maximum Gasteiger partial charge on any atom is 0.128 e. The SMILES string of the molecule is Cc1cccnc1NCCn1ccnc1[C@H]1CCOC(C)(C)C1. The minimum atomic E-state index is -0.0526. The molecule has 1 fully saturated rings. The van der Waals surface area contributed by atoms with Crippen LogP contribution in [0.5, 0.6) is 0 Å². The van der Waals surface area contributed by atoms with Gasteiger partial charge in [0.2, 0.25) is 0 Å². The van der Waals surface area contributed by atoms with Gasteiger partial charge in [0.1, 0.15) is 11.6 Å². The van der Waals surface area contributed by atoms with Crippen LogP contribution in [-0.4, -0.2) is 33.3 Å². The van der Waals surface area contributed by atoms with Crippen LogP contribution in [0.15, 0.2) is 30.7 Å². The molecule has 3 heterocycles. The summed E-state index contributed by atoms with van der Waals surface area (Å²) in [6.45, 7) is 8.95. The maximum atomic E-state index is 5.83. The molecule has 2 aromatic heterocycles. The third-order valence-corrected chi connectivity index (χ3v) is 4.46. The van der Waals surface area contributed by atoms with Gasteiger partial charge < -0.3 is 14.6 Å². The first-order valence-corrected chi connectivity index (χ1v) is 8.36. The van der Waals surface area contributed by atoms with Crippen molar-refractivity contribution >= 4 is 5.82 Å². The third-order valence-electron chi connectivity index (χ3n) is 4.46. The third kappa shape index (κ3) is 3.91. The molecule has 0 saturated carbocycles. The maximum absolute atomic E-state index is 5.83. The first kappa shape index (κ1) is 16.0. The van der Waals surface area contributed by atoms with Crippen molar-refractivity contribution in [1.82, 2.24) is 14.5 Å². The highest BCUT2D eigenvalue weighted by molar-refractivity contribution is 5.42. The predicted molar refractivity (Wildman–Crippen MR) is 91.7 cm³/mol. The van der Waals surface area contributed by atoms with Gasteiger partial charge in [-0.1, -0.05) is 6.07 Å². The van der Waals surface area contributed by atoms with E-state index in [9.17, 15) is 0 Å². The van der Waals surface area contributed by atoms with E-state index in [0.29, 0.717) is 5.92 Å². The van der Waals surface area contributed by atoms with Crippen molar-refractivity contribution in [3.63, 3.8) is 0 Å². The van der Waals surface area contributed by atoms with Crippen LogP contribution in [0.3, 0.4) is 0 Å². The molecule has 124 valence electrons. The topological polar surface area (TPSA) is 52.0 Å². The Kier molecular flexibility index (Phi) is 4.66. The van der Waals surface area contributed by atoms with E-state index in [1.807, 2.05) is 18.5 Å². The lowest BCUT2D eigenvalue weighted by Crippen LogP contribution is -2.34. The Bertz CT molecular complexity index is 650. The van der Waals surface area contributed by atoms with E-state index in [0.717, 1.165) is 38.4 Å². The highest BCUT2D eigenvalue weighted by Gasteiger charge is 2.31. The second-order valence-corrected chi connectivity index (χ2v) is 6.87. The average molecular weight is 314 g/mol. The predicted octanol–water partition coefficient (Wildman–Crippen LogP) is 3.37. The van der Waals surface area contributed by atoms with E-state index in [4.69, 9.17) is 4.74 Å². The number of rotatable bonds is 5. The van der Waals surface area contributed by atoms with Gasteiger partial charge >= 0.3 is 0 Å². The van der Waals surface area contributed by atoms with Gasteiger partial charge in [-0.2, -0.15) is 0 Å². The highest BCUT2D eigenvalue weighted by atomic mass is 16.5. The zero-order valence-corrected chi connectivity index (χ0v) is 14.2. The average Bonchev–Trinajstić information content (AvgIpc) is 2.97. The molecule has 0 aromatic carbocycles. The summed E-state index contributed by atoms with van der Waals surface area (Å²) in [4.78, 5) is 8.99. The van der Waals surface area contributed by atoms with E-state index in [-0.39, 0.29) is 5.60 Å². The van der Waals surface area contributed by atoms with Crippen molar-refractivity contribution in [2.75, 3.05) is 18.5 Å². The molecule has 0 amide bonds. The largest absolute Gasteiger partial charge is 0.376 e. The molecule has 1 atom stereocenters. The number of ether oxygens (including phenoxy) is 1. The van der Waals surface area contributed by atoms with E-state index >= 15 is 0 Å². The zero-order valence-electron chi connectivity index (χ0n) is 14.2. The number of aryl methyl sites for hydroxylation is 1. The number of pyridine rings is 1. The standard InChI is InChI=1S/C18H26N4O/c1-14-5-4-7-19-16(14)20-8-10-22-11-9-21-17(22)15-6-12-23-18(2,3)13-15/h4-5,7,9,11,15H,6,8,10,12-13H2,1-3H3,(H,19,20)/t15-/m0/s1. The number of hydrogen-bond acceptors (Lipinski definition) is 4. The molecule has 0 radical (unpaired) electrons. The van der Waals surface area contributed by atoms with Gasteiger partial charge in [0, 0.05) is 44.2 Å². The van der Waals surface area contributed by atoms with Crippen LogP contribution in [-0.2, 0) is 11.3 Å². The van der Waals surface area contributed by atoms with Crippen molar-refractivity contribution in [3.8, 4) is 0 Å². The second kappa shape index (κ2) is 6.71. The quantitative estimate of drug-likeness (QED) is 0.919. The molecular weight excluding hydrogens is 288 g/mol. The van der Waals surface area contributed by atoms with Crippen molar-refractivity contribution in [3.05, 3.63) is 42.1 Å². The number of nitrogens with zero attached hydrogens (tertiary/aromatic N) is 3. The lowest BCUT2D eigenvalue weighted by Gasteiger charge is -2.35. The first-order chi connectivity index (χ1) is 11.1. The minimum absolute atomic E-state index is 0.0526. The van der Waals surface area contributed by atoms with Crippen LogP contribution < -0.4 is 5.32 Å². The van der Waals surface area contributed by atoms with Crippen LogP contribution in [0.1, 0.15) is 44.0 Å². The van der Waals surface area contributed by atoms with Crippen molar-refractivity contribution in [1.29, 1.82) is 0 Å². The van der Waals surface area contributed by atoms with E-state index in [1.165, 1.54) is 11.4 Å². The van der Waals surface area contributed by atoms with Crippen LogP contribution in [0.2, 0.25) is 0 Å². The molecule has 1 saturated heterocycles. The minimum Gasteiger partial charge on any atom is -0.376 e.